The van der Waals surface area contributed by atoms with Gasteiger partial charge < -0.3 is 19.4 Å². The largest absolute Gasteiger partial charge is 0.429 e. The van der Waals surface area contributed by atoms with Gasteiger partial charge in [-0.05, 0) is 77.4 Å². The molecule has 0 aliphatic carbocycles. The smallest absolute Gasteiger partial charge is 0.357 e. The number of amides is 1. The molecule has 5 aromatic rings. The third-order valence-electron chi connectivity index (χ3n) is 7.93. The van der Waals surface area contributed by atoms with Crippen molar-refractivity contribution in [3.8, 4) is 16.8 Å². The maximum Gasteiger partial charge on any atom is 0.357 e. The molecule has 1 saturated heterocycles. The summed E-state index contributed by atoms with van der Waals surface area (Å²) in [5.41, 5.74) is 3.57. The number of tetrazole rings is 1. The summed E-state index contributed by atoms with van der Waals surface area (Å²) in [4.78, 5) is 39.2. The standard InChI is InChI=1S/C28H20ClN7O5/c29-17-1-4-22(34-14-30-32-33-34)20(11-17)15-8-19-3-6-23(35(19)25(37)10-15)26(38)31-18-2-5-21-16(7-18)9-24-27(39)41-28(36(21)24)12-40-13-28/h1-2,4-5,7-11,14,23H,3,6,12-13H2,(H,31,38)/t23-/m0/s1. The van der Waals surface area contributed by atoms with Gasteiger partial charge >= 0.3 is 5.97 Å². The SMILES string of the molecule is O=C1OC2(COC2)n2c1cc1cc(NC(=O)[C@@H]3CCc4cc(-c5cc(Cl)ccc5-n5cnnn5)cc(=O)n43)ccc12. The van der Waals surface area contributed by atoms with Crippen molar-refractivity contribution in [2.75, 3.05) is 18.5 Å². The van der Waals surface area contributed by atoms with E-state index < -0.39 is 11.8 Å². The average molecular weight is 570 g/mol. The van der Waals surface area contributed by atoms with E-state index in [0.717, 1.165) is 16.6 Å². The molecular weight excluding hydrogens is 550 g/mol. The number of nitrogens with one attached hydrogen (secondary N) is 1. The monoisotopic (exact) mass is 569 g/mol. The molecular formula is C28H20ClN7O5. The number of anilines is 1. The molecule has 0 bridgehead atoms. The third-order valence-corrected chi connectivity index (χ3v) is 8.16. The van der Waals surface area contributed by atoms with Gasteiger partial charge in [0.05, 0.1) is 11.2 Å². The number of ether oxygens (including phenoxy) is 2. The zero-order chi connectivity index (χ0) is 27.9. The minimum Gasteiger partial charge on any atom is -0.429 e. The van der Waals surface area contributed by atoms with Gasteiger partial charge in [0, 0.05) is 33.4 Å². The molecule has 41 heavy (non-hydrogen) atoms. The number of halogens is 1. The number of fused-ring (bicyclic) bond motifs is 5. The van der Waals surface area contributed by atoms with Crippen molar-refractivity contribution in [2.45, 2.75) is 24.6 Å². The molecule has 0 saturated carbocycles. The highest BCUT2D eigenvalue weighted by Crippen LogP contribution is 2.41. The van der Waals surface area contributed by atoms with Crippen LogP contribution in [0.3, 0.4) is 0 Å². The van der Waals surface area contributed by atoms with Gasteiger partial charge in [-0.15, -0.1) is 5.10 Å². The van der Waals surface area contributed by atoms with Gasteiger partial charge in [0.25, 0.3) is 5.56 Å². The summed E-state index contributed by atoms with van der Waals surface area (Å²) in [6.07, 6.45) is 2.51. The summed E-state index contributed by atoms with van der Waals surface area (Å²) in [6.45, 7) is 0.615. The van der Waals surface area contributed by atoms with Gasteiger partial charge in [0.15, 0.2) is 0 Å². The average Bonchev–Trinajstić information content (AvgIpc) is 3.72. The fourth-order valence-electron chi connectivity index (χ4n) is 6.05. The van der Waals surface area contributed by atoms with Crippen molar-refractivity contribution >= 4 is 40.1 Å². The highest BCUT2D eigenvalue weighted by molar-refractivity contribution is 6.31. The third kappa shape index (κ3) is 3.57. The number of pyridine rings is 1. The minimum absolute atomic E-state index is 0.287. The molecule has 1 spiro atoms. The van der Waals surface area contributed by atoms with Crippen LogP contribution in [0, 0.1) is 0 Å². The van der Waals surface area contributed by atoms with Crippen molar-refractivity contribution in [2.24, 2.45) is 0 Å². The van der Waals surface area contributed by atoms with E-state index >= 15 is 0 Å². The van der Waals surface area contributed by atoms with Crippen molar-refractivity contribution in [3.05, 3.63) is 87.7 Å². The van der Waals surface area contributed by atoms with E-state index in [0.29, 0.717) is 59.3 Å². The molecule has 6 heterocycles. The van der Waals surface area contributed by atoms with Gasteiger partial charge in [-0.2, -0.15) is 4.68 Å². The van der Waals surface area contributed by atoms with E-state index in [-0.39, 0.29) is 17.4 Å². The number of hydrogen-bond donors (Lipinski definition) is 1. The van der Waals surface area contributed by atoms with Crippen LogP contribution in [0.25, 0.3) is 27.7 Å². The number of carbonyl (C=O) groups excluding carboxylic acids is 2. The van der Waals surface area contributed by atoms with Gasteiger partial charge in [0.2, 0.25) is 11.6 Å². The van der Waals surface area contributed by atoms with Crippen LogP contribution in [0.15, 0.2) is 65.7 Å². The van der Waals surface area contributed by atoms with Crippen LogP contribution in [0.1, 0.15) is 28.6 Å². The highest BCUT2D eigenvalue weighted by Gasteiger charge is 2.52. The molecule has 3 aliphatic heterocycles. The molecule has 0 unspecified atom stereocenters. The Morgan fingerprint density at radius 2 is 1.95 bits per heavy atom. The van der Waals surface area contributed by atoms with Crippen LogP contribution in [0.2, 0.25) is 5.02 Å². The first-order valence-electron chi connectivity index (χ1n) is 13.0. The summed E-state index contributed by atoms with van der Waals surface area (Å²) in [5.74, 6) is -0.677. The van der Waals surface area contributed by atoms with Crippen molar-refractivity contribution in [1.29, 1.82) is 0 Å². The second-order valence-electron chi connectivity index (χ2n) is 10.4. The predicted molar refractivity (Wildman–Crippen MR) is 146 cm³/mol. The Hall–Kier alpha value is -4.81. The lowest BCUT2D eigenvalue weighted by molar-refractivity contribution is -0.215. The quantitative estimate of drug-likeness (QED) is 0.326. The fourth-order valence-corrected chi connectivity index (χ4v) is 6.22. The normalized spacial score (nSPS) is 18.3. The molecule has 2 aromatic carbocycles. The molecule has 1 N–H and O–H groups in total. The van der Waals surface area contributed by atoms with Crippen molar-refractivity contribution < 1.29 is 19.1 Å². The molecule has 13 heteroatoms. The molecule has 1 fully saturated rings. The molecule has 1 atom stereocenters. The number of aryl methyl sites for hydroxylation is 1. The first-order chi connectivity index (χ1) is 19.9. The van der Waals surface area contributed by atoms with E-state index in [1.165, 1.54) is 17.1 Å². The van der Waals surface area contributed by atoms with E-state index in [2.05, 4.69) is 20.8 Å². The molecule has 0 radical (unpaired) electrons. The summed E-state index contributed by atoms with van der Waals surface area (Å²) >= 11 is 6.29. The second-order valence-corrected chi connectivity index (χ2v) is 10.8. The van der Waals surface area contributed by atoms with Crippen LogP contribution in [-0.4, -0.2) is 54.4 Å². The molecule has 204 valence electrons. The number of hydrogen-bond acceptors (Lipinski definition) is 8. The van der Waals surface area contributed by atoms with E-state index in [1.807, 2.05) is 22.8 Å². The number of carbonyl (C=O) groups is 2. The van der Waals surface area contributed by atoms with Gasteiger partial charge in [0.1, 0.15) is 31.3 Å². The number of aromatic nitrogens is 6. The maximum absolute atomic E-state index is 13.4. The number of esters is 1. The zero-order valence-electron chi connectivity index (χ0n) is 21.3. The molecule has 3 aromatic heterocycles. The lowest BCUT2D eigenvalue weighted by atomic mass is 10.0. The lowest BCUT2D eigenvalue weighted by Gasteiger charge is -2.37. The van der Waals surface area contributed by atoms with Crippen LogP contribution >= 0.6 is 11.6 Å². The van der Waals surface area contributed by atoms with Gasteiger partial charge in [-0.3, -0.25) is 14.2 Å². The van der Waals surface area contributed by atoms with Crippen LogP contribution in [0.4, 0.5) is 5.69 Å². The Balaban J connectivity index is 1.09. The van der Waals surface area contributed by atoms with E-state index in [9.17, 15) is 14.4 Å². The second kappa shape index (κ2) is 8.59. The van der Waals surface area contributed by atoms with Crippen LogP contribution in [0.5, 0.6) is 0 Å². The fraction of sp³-hybridized carbons (Fsp3) is 0.214. The van der Waals surface area contributed by atoms with Crippen molar-refractivity contribution in [1.82, 2.24) is 29.3 Å². The summed E-state index contributed by atoms with van der Waals surface area (Å²) in [7, 11) is 0. The van der Waals surface area contributed by atoms with Crippen LogP contribution < -0.4 is 10.9 Å². The lowest BCUT2D eigenvalue weighted by Crippen LogP contribution is -2.51. The molecule has 12 nitrogen and oxygen atoms in total. The summed E-state index contributed by atoms with van der Waals surface area (Å²) in [5, 5.41) is 15.6. The van der Waals surface area contributed by atoms with Gasteiger partial charge in [-0.1, -0.05) is 11.6 Å². The van der Waals surface area contributed by atoms with E-state index in [1.54, 1.807) is 34.9 Å². The molecule has 3 aliphatic rings. The molecule has 8 rings (SSSR count). The Kier molecular flexibility index (Phi) is 5.04. The molecule has 1 amide bonds. The van der Waals surface area contributed by atoms with E-state index in [4.69, 9.17) is 21.1 Å². The minimum atomic E-state index is -0.787. The van der Waals surface area contributed by atoms with Crippen molar-refractivity contribution in [3.63, 3.8) is 0 Å². The Morgan fingerprint density at radius 3 is 2.73 bits per heavy atom. The zero-order valence-corrected chi connectivity index (χ0v) is 22.0. The Bertz CT molecular complexity index is 1980. The first kappa shape index (κ1) is 24.0. The Morgan fingerprint density at radius 1 is 1.07 bits per heavy atom. The summed E-state index contributed by atoms with van der Waals surface area (Å²) < 4.78 is 15.8. The number of benzene rings is 2. The summed E-state index contributed by atoms with van der Waals surface area (Å²) in [6, 6.07) is 15.2. The van der Waals surface area contributed by atoms with Gasteiger partial charge in [-0.25, -0.2) is 4.79 Å². The Labute approximate surface area is 236 Å². The highest BCUT2D eigenvalue weighted by atomic mass is 35.5. The predicted octanol–water partition coefficient (Wildman–Crippen LogP) is 3.08. The maximum atomic E-state index is 13.4. The van der Waals surface area contributed by atoms with Crippen LogP contribution in [-0.2, 0) is 26.4 Å². The topological polar surface area (TPSA) is 135 Å². The first-order valence-corrected chi connectivity index (χ1v) is 13.3. The number of nitrogens with zero attached hydrogens (tertiary/aromatic N) is 6. The number of rotatable bonds is 4.